The number of aromatic amines is 1. The minimum absolute atomic E-state index is 0.689. The molecule has 4 rings (SSSR count). The number of nitrogens with zero attached hydrogens (tertiary/aromatic N) is 2. The topological polar surface area (TPSA) is 41.6 Å². The van der Waals surface area contributed by atoms with Crippen LogP contribution in [0.4, 0.5) is 0 Å². The highest BCUT2D eigenvalue weighted by Gasteiger charge is 2.10. The van der Waals surface area contributed by atoms with Crippen LogP contribution in [0.25, 0.3) is 33.3 Å². The Balaban J connectivity index is 2.04. The van der Waals surface area contributed by atoms with Crippen molar-refractivity contribution in [3.8, 4) is 11.4 Å². The molecule has 0 radical (unpaired) electrons. The molecule has 0 aliphatic carbocycles. The highest BCUT2D eigenvalue weighted by Crippen LogP contribution is 2.29. The van der Waals surface area contributed by atoms with Gasteiger partial charge in [0.25, 0.3) is 0 Å². The zero-order valence-corrected chi connectivity index (χ0v) is 11.2. The van der Waals surface area contributed by atoms with E-state index in [2.05, 4.69) is 9.97 Å². The largest absolute Gasteiger partial charge is 0.338 e. The minimum atomic E-state index is 0.689. The summed E-state index contributed by atoms with van der Waals surface area (Å²) in [5.74, 6) is 0.780. The maximum Gasteiger partial charge on any atom is 0.140 e. The number of hydrogen-bond donors (Lipinski definition) is 1. The molecule has 0 saturated heterocycles. The summed E-state index contributed by atoms with van der Waals surface area (Å²) in [5.41, 5.74) is 3.76. The maximum absolute atomic E-state index is 6.23. The standard InChI is InChI=1S/C16H10ClN3/c17-12-6-2-1-4-10(12)16-19-14-8-7-13-11(15(14)20-16)5-3-9-18-13/h1-9H,(H,19,20). The molecule has 0 amide bonds. The van der Waals surface area contributed by atoms with Crippen LogP contribution in [0.5, 0.6) is 0 Å². The van der Waals surface area contributed by atoms with Crippen molar-refractivity contribution in [1.82, 2.24) is 15.0 Å². The van der Waals surface area contributed by atoms with Crippen molar-refractivity contribution in [3.05, 3.63) is 59.8 Å². The number of nitrogens with one attached hydrogen (secondary N) is 1. The van der Waals surface area contributed by atoms with Crippen LogP contribution in [0.15, 0.2) is 54.7 Å². The average Bonchev–Trinajstić information content (AvgIpc) is 2.92. The van der Waals surface area contributed by atoms with Crippen LogP contribution in [-0.2, 0) is 0 Å². The Morgan fingerprint density at radius 3 is 2.75 bits per heavy atom. The first-order valence-corrected chi connectivity index (χ1v) is 6.69. The number of fused-ring (bicyclic) bond motifs is 3. The molecule has 0 aliphatic heterocycles. The van der Waals surface area contributed by atoms with E-state index >= 15 is 0 Å². The summed E-state index contributed by atoms with van der Waals surface area (Å²) in [6, 6.07) is 15.6. The SMILES string of the molecule is Clc1ccccc1-c1nc2c(ccc3ncccc32)[nH]1. The Hall–Kier alpha value is -2.39. The minimum Gasteiger partial charge on any atom is -0.338 e. The van der Waals surface area contributed by atoms with Gasteiger partial charge >= 0.3 is 0 Å². The maximum atomic E-state index is 6.23. The van der Waals surface area contributed by atoms with Gasteiger partial charge in [0.05, 0.1) is 21.6 Å². The quantitative estimate of drug-likeness (QED) is 0.560. The van der Waals surface area contributed by atoms with E-state index in [1.54, 1.807) is 6.20 Å². The van der Waals surface area contributed by atoms with E-state index < -0.39 is 0 Å². The van der Waals surface area contributed by atoms with Gasteiger partial charge in [-0.25, -0.2) is 4.98 Å². The van der Waals surface area contributed by atoms with Crippen molar-refractivity contribution >= 4 is 33.5 Å². The average molecular weight is 280 g/mol. The molecule has 20 heavy (non-hydrogen) atoms. The molecule has 4 aromatic rings. The van der Waals surface area contributed by atoms with Gasteiger partial charge in [0.2, 0.25) is 0 Å². The lowest BCUT2D eigenvalue weighted by atomic mass is 10.2. The molecular weight excluding hydrogens is 270 g/mol. The first kappa shape index (κ1) is 11.4. The van der Waals surface area contributed by atoms with Crippen LogP contribution in [0.1, 0.15) is 0 Å². The predicted molar refractivity (Wildman–Crippen MR) is 81.8 cm³/mol. The fourth-order valence-corrected chi connectivity index (χ4v) is 2.63. The first-order valence-electron chi connectivity index (χ1n) is 6.31. The summed E-state index contributed by atoms with van der Waals surface area (Å²) in [6.45, 7) is 0. The van der Waals surface area contributed by atoms with Crippen LogP contribution >= 0.6 is 11.6 Å². The lowest BCUT2D eigenvalue weighted by Gasteiger charge is -1.98. The van der Waals surface area contributed by atoms with Crippen molar-refractivity contribution in [2.24, 2.45) is 0 Å². The predicted octanol–water partition coefficient (Wildman–Crippen LogP) is 4.43. The second kappa shape index (κ2) is 4.32. The van der Waals surface area contributed by atoms with Gasteiger partial charge < -0.3 is 4.98 Å². The van der Waals surface area contributed by atoms with Gasteiger partial charge in [-0.2, -0.15) is 0 Å². The molecule has 0 bridgehead atoms. The van der Waals surface area contributed by atoms with Gasteiger partial charge in [-0.05, 0) is 36.4 Å². The Morgan fingerprint density at radius 1 is 0.950 bits per heavy atom. The van der Waals surface area contributed by atoms with E-state index in [9.17, 15) is 0 Å². The number of benzene rings is 2. The smallest absolute Gasteiger partial charge is 0.140 e. The number of H-pyrrole nitrogens is 1. The third kappa shape index (κ3) is 1.67. The molecule has 0 saturated carbocycles. The third-order valence-corrected chi connectivity index (χ3v) is 3.69. The Morgan fingerprint density at radius 2 is 1.85 bits per heavy atom. The van der Waals surface area contributed by atoms with E-state index in [1.165, 1.54) is 0 Å². The van der Waals surface area contributed by atoms with Gasteiger partial charge in [-0.15, -0.1) is 0 Å². The normalized spacial score (nSPS) is 11.2. The van der Waals surface area contributed by atoms with Gasteiger partial charge in [-0.3, -0.25) is 4.98 Å². The van der Waals surface area contributed by atoms with Crippen molar-refractivity contribution in [3.63, 3.8) is 0 Å². The van der Waals surface area contributed by atoms with Crippen LogP contribution in [0.2, 0.25) is 5.02 Å². The molecule has 4 heteroatoms. The summed E-state index contributed by atoms with van der Waals surface area (Å²) in [4.78, 5) is 12.4. The summed E-state index contributed by atoms with van der Waals surface area (Å²) < 4.78 is 0. The molecule has 0 aliphatic rings. The van der Waals surface area contributed by atoms with Gasteiger partial charge in [0.1, 0.15) is 5.82 Å². The zero-order valence-electron chi connectivity index (χ0n) is 10.5. The molecule has 2 heterocycles. The first-order chi connectivity index (χ1) is 9.83. The second-order valence-corrected chi connectivity index (χ2v) is 5.00. The Bertz CT molecular complexity index is 927. The van der Waals surface area contributed by atoms with E-state index in [4.69, 9.17) is 16.6 Å². The molecule has 3 nitrogen and oxygen atoms in total. The van der Waals surface area contributed by atoms with Gasteiger partial charge in [0.15, 0.2) is 0 Å². The monoisotopic (exact) mass is 279 g/mol. The second-order valence-electron chi connectivity index (χ2n) is 4.60. The number of imidazole rings is 1. The number of aromatic nitrogens is 3. The lowest BCUT2D eigenvalue weighted by Crippen LogP contribution is -1.81. The third-order valence-electron chi connectivity index (χ3n) is 3.36. The highest BCUT2D eigenvalue weighted by atomic mass is 35.5. The van der Waals surface area contributed by atoms with Crippen molar-refractivity contribution in [2.45, 2.75) is 0 Å². The highest BCUT2D eigenvalue weighted by molar-refractivity contribution is 6.33. The van der Waals surface area contributed by atoms with Gasteiger partial charge in [0, 0.05) is 17.1 Å². The fourth-order valence-electron chi connectivity index (χ4n) is 2.41. The van der Waals surface area contributed by atoms with Crippen LogP contribution in [-0.4, -0.2) is 15.0 Å². The molecule has 2 aromatic heterocycles. The molecule has 1 N–H and O–H groups in total. The molecule has 0 atom stereocenters. The van der Waals surface area contributed by atoms with E-state index in [1.807, 2.05) is 48.5 Å². The van der Waals surface area contributed by atoms with E-state index in [0.29, 0.717) is 5.02 Å². The number of pyridine rings is 1. The number of rotatable bonds is 1. The molecule has 0 fully saturated rings. The lowest BCUT2D eigenvalue weighted by molar-refractivity contribution is 1.34. The fraction of sp³-hybridized carbons (Fsp3) is 0. The Kier molecular flexibility index (Phi) is 2.47. The van der Waals surface area contributed by atoms with Crippen molar-refractivity contribution < 1.29 is 0 Å². The number of halogens is 1. The van der Waals surface area contributed by atoms with E-state index in [0.717, 1.165) is 33.3 Å². The molecule has 0 spiro atoms. The summed E-state index contributed by atoms with van der Waals surface area (Å²) in [7, 11) is 0. The van der Waals surface area contributed by atoms with Gasteiger partial charge in [-0.1, -0.05) is 23.7 Å². The van der Waals surface area contributed by atoms with E-state index in [-0.39, 0.29) is 0 Å². The summed E-state index contributed by atoms with van der Waals surface area (Å²) in [6.07, 6.45) is 1.79. The van der Waals surface area contributed by atoms with Crippen LogP contribution in [0, 0.1) is 0 Å². The molecule has 96 valence electrons. The molecule has 2 aromatic carbocycles. The Labute approximate surface area is 120 Å². The summed E-state index contributed by atoms with van der Waals surface area (Å²) >= 11 is 6.23. The summed E-state index contributed by atoms with van der Waals surface area (Å²) in [5, 5.41) is 1.73. The molecular formula is C16H10ClN3. The van der Waals surface area contributed by atoms with Crippen molar-refractivity contribution in [1.29, 1.82) is 0 Å². The van der Waals surface area contributed by atoms with Crippen LogP contribution < -0.4 is 0 Å². The number of hydrogen-bond acceptors (Lipinski definition) is 2. The molecule has 0 unspecified atom stereocenters. The van der Waals surface area contributed by atoms with Crippen molar-refractivity contribution in [2.75, 3.05) is 0 Å². The van der Waals surface area contributed by atoms with Crippen LogP contribution in [0.3, 0.4) is 0 Å². The zero-order chi connectivity index (χ0) is 13.5.